The Labute approximate surface area is 132 Å². The van der Waals surface area contributed by atoms with Crippen molar-refractivity contribution in [2.75, 3.05) is 25.6 Å². The summed E-state index contributed by atoms with van der Waals surface area (Å²) in [6, 6.07) is 8.35. The molecule has 0 bridgehead atoms. The van der Waals surface area contributed by atoms with Crippen LogP contribution in [0.15, 0.2) is 34.9 Å². The fourth-order valence-electron chi connectivity index (χ4n) is 1.63. The summed E-state index contributed by atoms with van der Waals surface area (Å²) in [7, 11) is 1.53. The van der Waals surface area contributed by atoms with Crippen LogP contribution in [0.4, 0.5) is 5.69 Å². The number of carbonyl (C=O) groups excluding carboxylic acids is 2. The van der Waals surface area contributed by atoms with Crippen molar-refractivity contribution in [3.05, 3.63) is 36.1 Å². The molecule has 1 aromatic heterocycles. The van der Waals surface area contributed by atoms with Gasteiger partial charge in [-0.1, -0.05) is 6.07 Å². The number of amides is 1. The molecule has 23 heavy (non-hydrogen) atoms. The van der Waals surface area contributed by atoms with Crippen LogP contribution in [0, 0.1) is 6.92 Å². The quantitative estimate of drug-likeness (QED) is 0.772. The summed E-state index contributed by atoms with van der Waals surface area (Å²) in [5.74, 6) is 0.192. The van der Waals surface area contributed by atoms with Gasteiger partial charge < -0.3 is 24.1 Å². The zero-order valence-corrected chi connectivity index (χ0v) is 12.7. The van der Waals surface area contributed by atoms with Crippen molar-refractivity contribution in [2.24, 2.45) is 0 Å². The maximum Gasteiger partial charge on any atom is 0.344 e. The second-order valence-corrected chi connectivity index (χ2v) is 4.51. The summed E-state index contributed by atoms with van der Waals surface area (Å²) in [5.41, 5.74) is 0.541. The average Bonchev–Trinajstić information content (AvgIpc) is 2.96. The first-order chi connectivity index (χ1) is 11.1. The molecule has 0 atom stereocenters. The highest BCUT2D eigenvalue weighted by atomic mass is 16.6. The fourth-order valence-corrected chi connectivity index (χ4v) is 1.63. The summed E-state index contributed by atoms with van der Waals surface area (Å²) in [4.78, 5) is 23.2. The van der Waals surface area contributed by atoms with E-state index in [2.05, 4.69) is 10.5 Å². The lowest BCUT2D eigenvalue weighted by atomic mass is 10.3. The predicted molar refractivity (Wildman–Crippen MR) is 79.3 cm³/mol. The molecule has 8 nitrogen and oxygen atoms in total. The number of nitrogens with zero attached hydrogens (tertiary/aromatic N) is 1. The third kappa shape index (κ3) is 5.34. The monoisotopic (exact) mass is 320 g/mol. The smallest absolute Gasteiger partial charge is 0.344 e. The molecule has 0 aliphatic heterocycles. The Kier molecular flexibility index (Phi) is 5.56. The molecule has 0 radical (unpaired) electrons. The molecule has 2 aromatic rings. The van der Waals surface area contributed by atoms with Crippen LogP contribution >= 0.6 is 0 Å². The van der Waals surface area contributed by atoms with Gasteiger partial charge in [0.1, 0.15) is 11.5 Å². The van der Waals surface area contributed by atoms with E-state index < -0.39 is 18.5 Å². The van der Waals surface area contributed by atoms with Crippen molar-refractivity contribution < 1.29 is 28.3 Å². The molecule has 1 amide bonds. The van der Waals surface area contributed by atoms with Gasteiger partial charge in [0.2, 0.25) is 0 Å². The topological polar surface area (TPSA) is 99.9 Å². The number of rotatable bonds is 7. The lowest BCUT2D eigenvalue weighted by molar-refractivity contribution is -0.149. The van der Waals surface area contributed by atoms with Gasteiger partial charge in [-0.15, -0.1) is 0 Å². The minimum Gasteiger partial charge on any atom is -0.497 e. The normalized spacial score (nSPS) is 10.0. The minimum atomic E-state index is -0.688. The first kappa shape index (κ1) is 16.3. The number of hydrogen-bond acceptors (Lipinski definition) is 7. The van der Waals surface area contributed by atoms with Crippen molar-refractivity contribution in [1.29, 1.82) is 0 Å². The predicted octanol–water partition coefficient (Wildman–Crippen LogP) is 1.55. The van der Waals surface area contributed by atoms with Gasteiger partial charge in [0, 0.05) is 17.8 Å². The highest BCUT2D eigenvalue weighted by Crippen LogP contribution is 2.16. The Hall–Kier alpha value is -3.03. The van der Waals surface area contributed by atoms with Crippen LogP contribution in [0.5, 0.6) is 11.6 Å². The van der Waals surface area contributed by atoms with Gasteiger partial charge in [-0.05, 0) is 24.2 Å². The van der Waals surface area contributed by atoms with Gasteiger partial charge in [-0.2, -0.15) is 0 Å². The van der Waals surface area contributed by atoms with Gasteiger partial charge in [0.15, 0.2) is 13.2 Å². The Morgan fingerprint density at radius 2 is 2.09 bits per heavy atom. The van der Waals surface area contributed by atoms with Gasteiger partial charge in [-0.25, -0.2) is 4.79 Å². The third-order valence-corrected chi connectivity index (χ3v) is 2.66. The third-order valence-electron chi connectivity index (χ3n) is 2.66. The van der Waals surface area contributed by atoms with Crippen molar-refractivity contribution in [3.63, 3.8) is 0 Å². The molecule has 0 unspecified atom stereocenters. The molecule has 0 aliphatic rings. The minimum absolute atomic E-state index is 0.181. The number of esters is 1. The molecule has 2 rings (SSSR count). The number of hydrogen-bond donors (Lipinski definition) is 1. The zero-order valence-electron chi connectivity index (χ0n) is 12.7. The number of benzene rings is 1. The number of carbonyl (C=O) groups is 2. The maximum absolute atomic E-state index is 11.7. The maximum atomic E-state index is 11.7. The van der Waals surface area contributed by atoms with Crippen molar-refractivity contribution in [1.82, 2.24) is 5.16 Å². The summed E-state index contributed by atoms with van der Waals surface area (Å²) >= 11 is 0. The second kappa shape index (κ2) is 7.83. The summed E-state index contributed by atoms with van der Waals surface area (Å²) in [6.45, 7) is 0.913. The van der Waals surface area contributed by atoms with Crippen LogP contribution in [0.2, 0.25) is 0 Å². The summed E-state index contributed by atoms with van der Waals surface area (Å²) < 4.78 is 19.7. The van der Waals surface area contributed by atoms with E-state index in [1.54, 1.807) is 31.2 Å². The second-order valence-electron chi connectivity index (χ2n) is 4.51. The molecular weight excluding hydrogens is 304 g/mol. The Balaban J connectivity index is 1.71. The van der Waals surface area contributed by atoms with Gasteiger partial charge >= 0.3 is 5.97 Å². The fraction of sp³-hybridized carbons (Fsp3) is 0.267. The van der Waals surface area contributed by atoms with Crippen molar-refractivity contribution in [2.45, 2.75) is 6.92 Å². The lowest BCUT2D eigenvalue weighted by Gasteiger charge is -2.08. The van der Waals surface area contributed by atoms with E-state index in [9.17, 15) is 9.59 Å². The van der Waals surface area contributed by atoms with Crippen molar-refractivity contribution in [3.8, 4) is 11.6 Å². The van der Waals surface area contributed by atoms with Crippen LogP contribution in [0.25, 0.3) is 0 Å². The number of methoxy groups -OCH3 is 1. The van der Waals surface area contributed by atoms with Gasteiger partial charge in [-0.3, -0.25) is 4.79 Å². The standard InChI is InChI=1S/C15H16N2O6/c1-10-6-14(17-23-10)21-9-15(19)22-8-13(18)16-11-4-3-5-12(7-11)20-2/h3-7H,8-9H2,1-2H3,(H,16,18). The van der Waals surface area contributed by atoms with E-state index in [-0.39, 0.29) is 12.5 Å². The Morgan fingerprint density at radius 1 is 1.26 bits per heavy atom. The number of aromatic nitrogens is 1. The SMILES string of the molecule is COc1cccc(NC(=O)COC(=O)COc2cc(C)on2)c1. The van der Waals surface area contributed by atoms with Crippen LogP contribution in [0.3, 0.4) is 0 Å². The van der Waals surface area contributed by atoms with E-state index in [1.165, 1.54) is 13.2 Å². The van der Waals surface area contributed by atoms with Gasteiger partial charge in [0.05, 0.1) is 7.11 Å². The molecule has 122 valence electrons. The van der Waals surface area contributed by atoms with E-state index in [1.807, 2.05) is 0 Å². The van der Waals surface area contributed by atoms with Crippen LogP contribution in [-0.2, 0) is 14.3 Å². The molecule has 1 aromatic carbocycles. The van der Waals surface area contributed by atoms with Crippen LogP contribution in [-0.4, -0.2) is 37.4 Å². The highest BCUT2D eigenvalue weighted by Gasteiger charge is 2.10. The zero-order chi connectivity index (χ0) is 16.7. The molecule has 0 aliphatic carbocycles. The van der Waals surface area contributed by atoms with Crippen molar-refractivity contribution >= 4 is 17.6 Å². The number of aryl methyl sites for hydroxylation is 1. The molecule has 1 N–H and O–H groups in total. The molecule has 1 heterocycles. The van der Waals surface area contributed by atoms with Gasteiger partial charge in [0.25, 0.3) is 11.8 Å². The first-order valence-electron chi connectivity index (χ1n) is 6.72. The van der Waals surface area contributed by atoms with Crippen LogP contribution in [0.1, 0.15) is 5.76 Å². The Bertz CT molecular complexity index is 682. The summed E-state index contributed by atoms with van der Waals surface area (Å²) in [6.07, 6.45) is 0. The Morgan fingerprint density at radius 3 is 2.78 bits per heavy atom. The first-order valence-corrected chi connectivity index (χ1v) is 6.72. The molecule has 0 spiro atoms. The number of nitrogens with one attached hydrogen (secondary N) is 1. The number of anilines is 1. The lowest BCUT2D eigenvalue weighted by Crippen LogP contribution is -2.23. The van der Waals surface area contributed by atoms with Crippen LogP contribution < -0.4 is 14.8 Å². The van der Waals surface area contributed by atoms with E-state index in [0.717, 1.165) is 0 Å². The molecule has 0 saturated heterocycles. The number of ether oxygens (including phenoxy) is 3. The van der Waals surface area contributed by atoms with E-state index in [4.69, 9.17) is 18.7 Å². The van der Waals surface area contributed by atoms with E-state index >= 15 is 0 Å². The molecule has 8 heteroatoms. The van der Waals surface area contributed by atoms with E-state index in [0.29, 0.717) is 17.2 Å². The molecule has 0 fully saturated rings. The largest absolute Gasteiger partial charge is 0.497 e. The molecule has 0 saturated carbocycles. The summed E-state index contributed by atoms with van der Waals surface area (Å²) in [5, 5.41) is 6.14. The molecular formula is C15H16N2O6. The average molecular weight is 320 g/mol. The highest BCUT2D eigenvalue weighted by molar-refractivity contribution is 5.93.